The monoisotopic (exact) mass is 248 g/mol. The van der Waals surface area contributed by atoms with Crippen LogP contribution in [0.5, 0.6) is 0 Å². The molecule has 0 aliphatic heterocycles. The first-order chi connectivity index (χ1) is 8.50. The van der Waals surface area contributed by atoms with Gasteiger partial charge >= 0.3 is 0 Å². The zero-order valence-corrected chi connectivity index (χ0v) is 9.80. The minimum Gasteiger partial charge on any atom is -0.364 e. The number of nitrogens with two attached hydrogens (primary N) is 2. The molecule has 1 heterocycles. The minimum absolute atomic E-state index is 0.120. The van der Waals surface area contributed by atoms with E-state index in [1.165, 1.54) is 16.8 Å². The number of halogens is 1. The normalized spacial score (nSPS) is 12.4. The molecule has 0 fully saturated rings. The van der Waals surface area contributed by atoms with Gasteiger partial charge in [-0.1, -0.05) is 6.07 Å². The van der Waals surface area contributed by atoms with Crippen molar-refractivity contribution in [2.75, 3.05) is 0 Å². The van der Waals surface area contributed by atoms with Crippen LogP contribution in [-0.2, 0) is 0 Å². The average Bonchev–Trinajstić information content (AvgIpc) is 2.77. The van der Waals surface area contributed by atoms with E-state index in [0.29, 0.717) is 11.3 Å². The van der Waals surface area contributed by atoms with Gasteiger partial charge in [0.1, 0.15) is 11.5 Å². The van der Waals surface area contributed by atoms with Crippen LogP contribution in [0.2, 0.25) is 0 Å². The summed E-state index contributed by atoms with van der Waals surface area (Å²) < 4.78 is 15.1. The lowest BCUT2D eigenvalue weighted by Gasteiger charge is -2.13. The molecule has 94 valence electrons. The van der Waals surface area contributed by atoms with E-state index < -0.39 is 17.8 Å². The Morgan fingerprint density at radius 1 is 1.44 bits per heavy atom. The number of nitrogens with zero attached hydrogens (tertiary/aromatic N) is 2. The van der Waals surface area contributed by atoms with E-state index in [-0.39, 0.29) is 5.69 Å². The fraction of sp³-hybridized carbons (Fsp3) is 0.167. The molecule has 1 amide bonds. The maximum Gasteiger partial charge on any atom is 0.269 e. The Morgan fingerprint density at radius 2 is 2.17 bits per heavy atom. The Bertz CT molecular complexity index is 592. The number of primary amides is 1. The van der Waals surface area contributed by atoms with Crippen LogP contribution >= 0.6 is 0 Å². The number of rotatable bonds is 3. The fourth-order valence-electron chi connectivity index (χ4n) is 1.77. The van der Waals surface area contributed by atoms with E-state index in [4.69, 9.17) is 11.5 Å². The highest BCUT2D eigenvalue weighted by Crippen LogP contribution is 2.22. The molecule has 0 spiro atoms. The highest BCUT2D eigenvalue weighted by Gasteiger charge is 2.15. The van der Waals surface area contributed by atoms with Gasteiger partial charge in [0.25, 0.3) is 5.91 Å². The van der Waals surface area contributed by atoms with Crippen LogP contribution in [0.3, 0.4) is 0 Å². The number of aromatic nitrogens is 2. The minimum atomic E-state index is -0.632. The molecular formula is C12H13FN4O. The number of hydrogen-bond acceptors (Lipinski definition) is 3. The van der Waals surface area contributed by atoms with E-state index >= 15 is 0 Å². The summed E-state index contributed by atoms with van der Waals surface area (Å²) in [6.45, 7) is 1.68. The molecular weight excluding hydrogens is 235 g/mol. The van der Waals surface area contributed by atoms with Gasteiger partial charge in [-0.25, -0.2) is 9.07 Å². The third kappa shape index (κ3) is 2.10. The predicted octanol–water partition coefficient (Wildman–Crippen LogP) is 1.13. The number of benzene rings is 1. The lowest BCUT2D eigenvalue weighted by atomic mass is 10.1. The Labute approximate surface area is 103 Å². The third-order valence-electron chi connectivity index (χ3n) is 2.57. The molecule has 5 nitrogen and oxygen atoms in total. The smallest absolute Gasteiger partial charge is 0.269 e. The van der Waals surface area contributed by atoms with Crippen molar-refractivity contribution in [3.63, 3.8) is 0 Å². The molecule has 2 rings (SSSR count). The summed E-state index contributed by atoms with van der Waals surface area (Å²) >= 11 is 0. The van der Waals surface area contributed by atoms with Gasteiger partial charge in [-0.3, -0.25) is 4.79 Å². The SMILES string of the molecule is C[C@@H](N)c1c(F)cccc1-n1ccc(C(N)=O)n1. The number of carbonyl (C=O) groups is 1. The molecule has 0 aliphatic carbocycles. The van der Waals surface area contributed by atoms with Gasteiger partial charge in [-0.2, -0.15) is 5.10 Å². The van der Waals surface area contributed by atoms with Crippen molar-refractivity contribution >= 4 is 5.91 Å². The van der Waals surface area contributed by atoms with E-state index in [0.717, 1.165) is 0 Å². The summed E-state index contributed by atoms with van der Waals surface area (Å²) in [4.78, 5) is 11.0. The molecule has 0 radical (unpaired) electrons. The maximum absolute atomic E-state index is 13.7. The van der Waals surface area contributed by atoms with Crippen LogP contribution in [0.1, 0.15) is 29.0 Å². The van der Waals surface area contributed by atoms with Gasteiger partial charge in [0.2, 0.25) is 0 Å². The topological polar surface area (TPSA) is 86.9 Å². The largest absolute Gasteiger partial charge is 0.364 e. The van der Waals surface area contributed by atoms with E-state index in [1.54, 1.807) is 25.3 Å². The molecule has 1 aromatic heterocycles. The van der Waals surface area contributed by atoms with Gasteiger partial charge in [-0.15, -0.1) is 0 Å². The first kappa shape index (κ1) is 12.3. The molecule has 1 aromatic carbocycles. The van der Waals surface area contributed by atoms with E-state index in [1.807, 2.05) is 0 Å². The standard InChI is InChI=1S/C12H13FN4O/c1-7(14)11-8(13)3-2-4-10(11)17-6-5-9(16-17)12(15)18/h2-7H,14H2,1H3,(H2,15,18)/t7-/m1/s1. The van der Waals surface area contributed by atoms with Crippen molar-refractivity contribution in [2.45, 2.75) is 13.0 Å². The zero-order valence-electron chi connectivity index (χ0n) is 9.80. The van der Waals surface area contributed by atoms with Gasteiger partial charge < -0.3 is 11.5 Å². The van der Waals surface area contributed by atoms with Crippen LogP contribution in [0, 0.1) is 5.82 Å². The van der Waals surface area contributed by atoms with E-state index in [9.17, 15) is 9.18 Å². The van der Waals surface area contributed by atoms with Crippen LogP contribution < -0.4 is 11.5 Å². The van der Waals surface area contributed by atoms with Crippen molar-refractivity contribution in [2.24, 2.45) is 11.5 Å². The number of hydrogen-bond donors (Lipinski definition) is 2. The van der Waals surface area contributed by atoms with Crippen molar-refractivity contribution in [3.8, 4) is 5.69 Å². The third-order valence-corrected chi connectivity index (χ3v) is 2.57. The quantitative estimate of drug-likeness (QED) is 0.853. The highest BCUT2D eigenvalue weighted by molar-refractivity contribution is 5.90. The molecule has 6 heteroatoms. The van der Waals surface area contributed by atoms with Gasteiger partial charge in [0.05, 0.1) is 5.69 Å². The lowest BCUT2D eigenvalue weighted by molar-refractivity contribution is 0.0995. The Morgan fingerprint density at radius 3 is 2.72 bits per heavy atom. The summed E-state index contributed by atoms with van der Waals surface area (Å²) in [6.07, 6.45) is 1.54. The lowest BCUT2D eigenvalue weighted by Crippen LogP contribution is -2.14. The molecule has 2 aromatic rings. The van der Waals surface area contributed by atoms with Gasteiger partial charge in [-0.05, 0) is 25.1 Å². The molecule has 1 atom stereocenters. The molecule has 0 saturated heterocycles. The van der Waals surface area contributed by atoms with Crippen molar-refractivity contribution in [1.29, 1.82) is 0 Å². The molecule has 18 heavy (non-hydrogen) atoms. The first-order valence-electron chi connectivity index (χ1n) is 5.40. The molecule has 0 saturated carbocycles. The van der Waals surface area contributed by atoms with Crippen LogP contribution in [0.25, 0.3) is 5.69 Å². The van der Waals surface area contributed by atoms with E-state index in [2.05, 4.69) is 5.10 Å². The maximum atomic E-state index is 13.7. The van der Waals surface area contributed by atoms with Crippen molar-refractivity contribution in [3.05, 3.63) is 47.5 Å². The van der Waals surface area contributed by atoms with Gasteiger partial charge in [0.15, 0.2) is 0 Å². The number of carbonyl (C=O) groups excluding carboxylic acids is 1. The summed E-state index contributed by atoms with van der Waals surface area (Å²) in [5.41, 5.74) is 11.8. The van der Waals surface area contributed by atoms with Crippen LogP contribution in [0.4, 0.5) is 4.39 Å². The van der Waals surface area contributed by atoms with Crippen LogP contribution in [-0.4, -0.2) is 15.7 Å². The number of amides is 1. The fourth-order valence-corrected chi connectivity index (χ4v) is 1.77. The average molecular weight is 248 g/mol. The molecule has 0 unspecified atom stereocenters. The molecule has 0 aliphatic rings. The van der Waals surface area contributed by atoms with Crippen LogP contribution in [0.15, 0.2) is 30.5 Å². The molecule has 0 bridgehead atoms. The van der Waals surface area contributed by atoms with Gasteiger partial charge in [0, 0.05) is 17.8 Å². The summed E-state index contributed by atoms with van der Waals surface area (Å²) in [5.74, 6) is -1.04. The summed E-state index contributed by atoms with van der Waals surface area (Å²) in [6, 6.07) is 5.56. The highest BCUT2D eigenvalue weighted by atomic mass is 19.1. The Hall–Kier alpha value is -2.21. The Balaban J connectivity index is 2.56. The van der Waals surface area contributed by atoms with Crippen molar-refractivity contribution in [1.82, 2.24) is 9.78 Å². The Kier molecular flexibility index (Phi) is 3.12. The second-order valence-electron chi connectivity index (χ2n) is 3.97. The summed E-state index contributed by atoms with van der Waals surface area (Å²) in [5, 5.41) is 3.98. The first-order valence-corrected chi connectivity index (χ1v) is 5.40. The molecule has 4 N–H and O–H groups in total. The second-order valence-corrected chi connectivity index (χ2v) is 3.97. The summed E-state index contributed by atoms with van der Waals surface area (Å²) in [7, 11) is 0. The zero-order chi connectivity index (χ0) is 13.3. The predicted molar refractivity (Wildman–Crippen MR) is 64.6 cm³/mol. The van der Waals surface area contributed by atoms with Crippen molar-refractivity contribution < 1.29 is 9.18 Å². The second kappa shape index (κ2) is 4.58.